The molecule has 0 aliphatic rings. The second-order valence-corrected chi connectivity index (χ2v) is 5.50. The molecule has 1 rings (SSSR count). The minimum Gasteiger partial charge on any atom is -0.492 e. The SMILES string of the molecule is CCOCCCCNC(=NC)NCCOc1cc(C)cc(C)c1. The summed E-state index contributed by atoms with van der Waals surface area (Å²) in [5, 5.41) is 6.54. The average molecular weight is 321 g/mol. The summed E-state index contributed by atoms with van der Waals surface area (Å²) in [6, 6.07) is 6.25. The molecule has 5 nitrogen and oxygen atoms in total. The first-order chi connectivity index (χ1) is 11.2. The monoisotopic (exact) mass is 321 g/mol. The quantitative estimate of drug-likeness (QED) is 0.395. The molecule has 1 aromatic rings. The molecular weight excluding hydrogens is 290 g/mol. The first-order valence-electron chi connectivity index (χ1n) is 8.39. The van der Waals surface area contributed by atoms with Gasteiger partial charge >= 0.3 is 0 Å². The highest BCUT2D eigenvalue weighted by atomic mass is 16.5. The number of hydrogen-bond donors (Lipinski definition) is 2. The third-order valence-electron chi connectivity index (χ3n) is 3.29. The van der Waals surface area contributed by atoms with Crippen molar-refractivity contribution in [2.75, 3.05) is 40.0 Å². The van der Waals surface area contributed by atoms with Crippen LogP contribution in [0.4, 0.5) is 0 Å². The van der Waals surface area contributed by atoms with Crippen molar-refractivity contribution in [3.63, 3.8) is 0 Å². The van der Waals surface area contributed by atoms with Gasteiger partial charge in [-0.15, -0.1) is 0 Å². The number of nitrogens with zero attached hydrogens (tertiary/aromatic N) is 1. The molecule has 130 valence electrons. The van der Waals surface area contributed by atoms with Crippen LogP contribution in [0.5, 0.6) is 5.75 Å². The molecule has 0 spiro atoms. The maximum Gasteiger partial charge on any atom is 0.191 e. The Morgan fingerprint density at radius 2 is 1.70 bits per heavy atom. The molecule has 1 aromatic carbocycles. The van der Waals surface area contributed by atoms with Crippen LogP contribution in [0.2, 0.25) is 0 Å². The van der Waals surface area contributed by atoms with Crippen LogP contribution in [0, 0.1) is 13.8 Å². The minimum atomic E-state index is 0.605. The van der Waals surface area contributed by atoms with Gasteiger partial charge in [-0.1, -0.05) is 6.07 Å². The zero-order valence-electron chi connectivity index (χ0n) is 14.9. The number of benzene rings is 1. The highest BCUT2D eigenvalue weighted by Crippen LogP contribution is 2.15. The van der Waals surface area contributed by atoms with Crippen molar-refractivity contribution < 1.29 is 9.47 Å². The van der Waals surface area contributed by atoms with E-state index in [4.69, 9.17) is 9.47 Å². The van der Waals surface area contributed by atoms with Crippen molar-refractivity contribution in [2.45, 2.75) is 33.6 Å². The third kappa shape index (κ3) is 9.08. The van der Waals surface area contributed by atoms with E-state index in [1.54, 1.807) is 7.05 Å². The molecule has 0 aliphatic heterocycles. The first-order valence-corrected chi connectivity index (χ1v) is 8.39. The van der Waals surface area contributed by atoms with E-state index in [0.717, 1.165) is 44.3 Å². The normalized spacial score (nSPS) is 11.4. The molecule has 23 heavy (non-hydrogen) atoms. The summed E-state index contributed by atoms with van der Waals surface area (Å²) in [6.45, 7) is 10.0. The molecular formula is C18H31N3O2. The van der Waals surface area contributed by atoms with Gasteiger partial charge in [-0.3, -0.25) is 4.99 Å². The molecule has 0 fully saturated rings. The standard InChI is InChI=1S/C18H31N3O2/c1-5-22-10-7-6-8-20-18(19-4)21-9-11-23-17-13-15(2)12-16(3)14-17/h12-14H,5-11H2,1-4H3,(H2,19,20,21). The number of aryl methyl sites for hydroxylation is 2. The summed E-state index contributed by atoms with van der Waals surface area (Å²) < 4.78 is 11.1. The van der Waals surface area contributed by atoms with Gasteiger partial charge in [-0.05, 0) is 56.9 Å². The Balaban J connectivity index is 2.15. The van der Waals surface area contributed by atoms with Gasteiger partial charge in [-0.2, -0.15) is 0 Å². The molecule has 0 amide bonds. The van der Waals surface area contributed by atoms with E-state index in [2.05, 4.69) is 47.7 Å². The fraction of sp³-hybridized carbons (Fsp3) is 0.611. The number of ether oxygens (including phenoxy) is 2. The Bertz CT molecular complexity index is 455. The minimum absolute atomic E-state index is 0.605. The van der Waals surface area contributed by atoms with Crippen LogP contribution in [0.3, 0.4) is 0 Å². The van der Waals surface area contributed by atoms with Crippen LogP contribution in [0.25, 0.3) is 0 Å². The lowest BCUT2D eigenvalue weighted by atomic mass is 10.1. The first kappa shape index (κ1) is 19.3. The van der Waals surface area contributed by atoms with Crippen LogP contribution in [0.1, 0.15) is 30.9 Å². The number of unbranched alkanes of at least 4 members (excludes halogenated alkanes) is 1. The van der Waals surface area contributed by atoms with Gasteiger partial charge in [-0.25, -0.2) is 0 Å². The second kappa shape index (κ2) is 11.8. The Kier molecular flexibility index (Phi) is 9.87. The Labute approximate surface area is 140 Å². The fourth-order valence-electron chi connectivity index (χ4n) is 2.26. The molecule has 0 saturated heterocycles. The lowest BCUT2D eigenvalue weighted by Crippen LogP contribution is -2.39. The predicted molar refractivity (Wildman–Crippen MR) is 96.5 cm³/mol. The maximum atomic E-state index is 5.77. The molecule has 0 aliphatic carbocycles. The molecule has 2 N–H and O–H groups in total. The number of aliphatic imine (C=N–C) groups is 1. The lowest BCUT2D eigenvalue weighted by molar-refractivity contribution is 0.143. The smallest absolute Gasteiger partial charge is 0.191 e. The van der Waals surface area contributed by atoms with E-state index in [1.165, 1.54) is 11.1 Å². The number of hydrogen-bond acceptors (Lipinski definition) is 3. The average Bonchev–Trinajstić information content (AvgIpc) is 2.51. The largest absolute Gasteiger partial charge is 0.492 e. The predicted octanol–water partition coefficient (Wildman–Crippen LogP) is 2.66. The van der Waals surface area contributed by atoms with Crippen LogP contribution < -0.4 is 15.4 Å². The Morgan fingerprint density at radius 1 is 1.00 bits per heavy atom. The van der Waals surface area contributed by atoms with E-state index >= 15 is 0 Å². The maximum absolute atomic E-state index is 5.77. The van der Waals surface area contributed by atoms with Crippen molar-refractivity contribution in [3.8, 4) is 5.75 Å². The van der Waals surface area contributed by atoms with Crippen LogP contribution >= 0.6 is 0 Å². The molecule has 0 bridgehead atoms. The molecule has 5 heteroatoms. The number of guanidine groups is 1. The fourth-order valence-corrected chi connectivity index (χ4v) is 2.26. The molecule has 0 unspecified atom stereocenters. The zero-order chi connectivity index (χ0) is 16.9. The van der Waals surface area contributed by atoms with Crippen LogP contribution in [-0.2, 0) is 4.74 Å². The van der Waals surface area contributed by atoms with E-state index in [0.29, 0.717) is 13.2 Å². The van der Waals surface area contributed by atoms with Gasteiger partial charge in [0.1, 0.15) is 12.4 Å². The highest BCUT2D eigenvalue weighted by Gasteiger charge is 1.99. The van der Waals surface area contributed by atoms with Gasteiger partial charge < -0.3 is 20.1 Å². The van der Waals surface area contributed by atoms with Crippen molar-refractivity contribution >= 4 is 5.96 Å². The molecule has 0 aromatic heterocycles. The van der Waals surface area contributed by atoms with E-state index in [9.17, 15) is 0 Å². The summed E-state index contributed by atoms with van der Waals surface area (Å²) >= 11 is 0. The lowest BCUT2D eigenvalue weighted by Gasteiger charge is -2.13. The van der Waals surface area contributed by atoms with Crippen molar-refractivity contribution in [1.29, 1.82) is 0 Å². The summed E-state index contributed by atoms with van der Waals surface area (Å²) in [5.74, 6) is 1.73. The topological polar surface area (TPSA) is 54.9 Å². The molecule has 0 radical (unpaired) electrons. The van der Waals surface area contributed by atoms with Gasteiger partial charge in [0.2, 0.25) is 0 Å². The van der Waals surface area contributed by atoms with E-state index in [1.807, 2.05) is 6.92 Å². The van der Waals surface area contributed by atoms with Gasteiger partial charge in [0.15, 0.2) is 5.96 Å². The van der Waals surface area contributed by atoms with Gasteiger partial charge in [0.05, 0.1) is 6.54 Å². The highest BCUT2D eigenvalue weighted by molar-refractivity contribution is 5.79. The third-order valence-corrected chi connectivity index (χ3v) is 3.29. The summed E-state index contributed by atoms with van der Waals surface area (Å²) in [6.07, 6.45) is 2.13. The number of nitrogens with one attached hydrogen (secondary N) is 2. The molecule has 0 atom stereocenters. The molecule has 0 saturated carbocycles. The Hall–Kier alpha value is -1.75. The molecule has 0 heterocycles. The zero-order valence-corrected chi connectivity index (χ0v) is 14.9. The van der Waals surface area contributed by atoms with E-state index < -0.39 is 0 Å². The van der Waals surface area contributed by atoms with Gasteiger partial charge in [0.25, 0.3) is 0 Å². The van der Waals surface area contributed by atoms with Crippen molar-refractivity contribution in [1.82, 2.24) is 10.6 Å². The second-order valence-electron chi connectivity index (χ2n) is 5.50. The summed E-state index contributed by atoms with van der Waals surface area (Å²) in [4.78, 5) is 4.20. The van der Waals surface area contributed by atoms with E-state index in [-0.39, 0.29) is 0 Å². The van der Waals surface area contributed by atoms with Gasteiger partial charge in [0, 0.05) is 26.8 Å². The van der Waals surface area contributed by atoms with Crippen LogP contribution in [-0.4, -0.2) is 45.9 Å². The van der Waals surface area contributed by atoms with Crippen LogP contribution in [0.15, 0.2) is 23.2 Å². The number of rotatable bonds is 10. The van der Waals surface area contributed by atoms with Crippen molar-refractivity contribution in [2.24, 2.45) is 4.99 Å². The summed E-state index contributed by atoms with van der Waals surface area (Å²) in [7, 11) is 1.78. The summed E-state index contributed by atoms with van der Waals surface area (Å²) in [5.41, 5.74) is 2.44. The Morgan fingerprint density at radius 3 is 2.35 bits per heavy atom. The van der Waals surface area contributed by atoms with Crippen molar-refractivity contribution in [3.05, 3.63) is 29.3 Å².